The van der Waals surface area contributed by atoms with Gasteiger partial charge in [-0.05, 0) is 61.9 Å². The summed E-state index contributed by atoms with van der Waals surface area (Å²) in [4.78, 5) is 12.7. The summed E-state index contributed by atoms with van der Waals surface area (Å²) in [6.45, 7) is 7.55. The number of nitrogen functional groups attached to an aromatic ring is 1. The van der Waals surface area contributed by atoms with Crippen molar-refractivity contribution in [2.75, 3.05) is 16.8 Å². The fourth-order valence-corrected chi connectivity index (χ4v) is 5.58. The number of carbonyl (C=O) groups excluding carboxylic acids is 1. The van der Waals surface area contributed by atoms with E-state index in [4.69, 9.17) is 5.73 Å². The molecule has 0 aliphatic rings. The lowest BCUT2D eigenvalue weighted by Gasteiger charge is -2.09. The maximum Gasteiger partial charge on any atom is 0.246 e. The first-order chi connectivity index (χ1) is 14.6. The van der Waals surface area contributed by atoms with Gasteiger partial charge in [0.05, 0.1) is 4.90 Å². The third-order valence-electron chi connectivity index (χ3n) is 4.88. The molecule has 0 radical (unpaired) electrons. The Hall–Kier alpha value is -2.78. The number of thioether (sulfide) groups is 1. The number of aryl methyl sites for hydroxylation is 3. The molecule has 0 saturated heterocycles. The highest BCUT2D eigenvalue weighted by molar-refractivity contribution is 8.00. The van der Waals surface area contributed by atoms with Gasteiger partial charge in [-0.25, -0.2) is 13.1 Å². The minimum atomic E-state index is -3.88. The van der Waals surface area contributed by atoms with E-state index in [-0.39, 0.29) is 28.1 Å². The van der Waals surface area contributed by atoms with Crippen molar-refractivity contribution < 1.29 is 13.2 Å². The molecule has 0 spiro atoms. The standard InChI is InChI=1S/C22H26N4O3S2/c1-5-30-22-20(31(28,29)18-10-6-14(2)7-11-18)21(23)26(25-22)13-19(27)24-17-9-8-15(3)16(4)12-17/h6-12H,5,13,23H2,1-4H3,(H,24,27). The van der Waals surface area contributed by atoms with E-state index in [0.29, 0.717) is 16.5 Å². The molecule has 7 nitrogen and oxygen atoms in total. The molecule has 0 unspecified atom stereocenters. The van der Waals surface area contributed by atoms with Crippen LogP contribution in [0.1, 0.15) is 23.6 Å². The van der Waals surface area contributed by atoms with Gasteiger partial charge in [0.2, 0.25) is 15.7 Å². The van der Waals surface area contributed by atoms with Crippen molar-refractivity contribution in [1.82, 2.24) is 9.78 Å². The van der Waals surface area contributed by atoms with Crippen LogP contribution in [0.5, 0.6) is 0 Å². The number of nitrogens with two attached hydrogens (primary N) is 1. The molecule has 9 heteroatoms. The number of sulfone groups is 1. The van der Waals surface area contributed by atoms with Crippen molar-refractivity contribution >= 4 is 39.0 Å². The largest absolute Gasteiger partial charge is 0.383 e. The maximum atomic E-state index is 13.3. The lowest BCUT2D eigenvalue weighted by molar-refractivity contribution is -0.116. The zero-order chi connectivity index (χ0) is 22.8. The zero-order valence-corrected chi connectivity index (χ0v) is 19.6. The maximum absolute atomic E-state index is 13.3. The normalized spacial score (nSPS) is 11.5. The van der Waals surface area contributed by atoms with Crippen molar-refractivity contribution in [3.8, 4) is 0 Å². The molecule has 3 N–H and O–H groups in total. The number of amides is 1. The highest BCUT2D eigenvalue weighted by atomic mass is 32.2. The predicted octanol–water partition coefficient (Wildman–Crippen LogP) is 3.97. The van der Waals surface area contributed by atoms with Crippen LogP contribution >= 0.6 is 11.8 Å². The van der Waals surface area contributed by atoms with Crippen molar-refractivity contribution in [2.24, 2.45) is 0 Å². The molecule has 3 aromatic rings. The second-order valence-electron chi connectivity index (χ2n) is 7.27. The molecule has 0 saturated carbocycles. The highest BCUT2D eigenvalue weighted by Crippen LogP contribution is 2.35. The summed E-state index contributed by atoms with van der Waals surface area (Å²) in [6, 6.07) is 12.2. The number of aromatic nitrogens is 2. The number of hydrogen-bond acceptors (Lipinski definition) is 6. The summed E-state index contributed by atoms with van der Waals surface area (Å²) in [5, 5.41) is 7.44. The van der Waals surface area contributed by atoms with E-state index in [9.17, 15) is 13.2 Å². The molecule has 1 amide bonds. The molecule has 1 heterocycles. The number of hydrogen-bond donors (Lipinski definition) is 2. The van der Waals surface area contributed by atoms with Gasteiger partial charge < -0.3 is 11.1 Å². The van der Waals surface area contributed by atoms with Crippen molar-refractivity contribution in [2.45, 2.75) is 49.1 Å². The predicted molar refractivity (Wildman–Crippen MR) is 124 cm³/mol. The SMILES string of the molecule is CCSc1nn(CC(=O)Nc2ccc(C)c(C)c2)c(N)c1S(=O)(=O)c1ccc(C)cc1. The van der Waals surface area contributed by atoms with Gasteiger partial charge in [0, 0.05) is 5.69 Å². The summed E-state index contributed by atoms with van der Waals surface area (Å²) < 4.78 is 27.8. The van der Waals surface area contributed by atoms with E-state index < -0.39 is 9.84 Å². The number of carbonyl (C=O) groups is 1. The molecule has 2 aromatic carbocycles. The first-order valence-electron chi connectivity index (χ1n) is 9.81. The van der Waals surface area contributed by atoms with Crippen LogP contribution in [0.25, 0.3) is 0 Å². The third kappa shape index (κ3) is 4.94. The van der Waals surface area contributed by atoms with Gasteiger partial charge in [-0.2, -0.15) is 5.10 Å². The monoisotopic (exact) mass is 458 g/mol. The first kappa shape index (κ1) is 22.9. The summed E-state index contributed by atoms with van der Waals surface area (Å²) in [5.41, 5.74) is 10.0. The van der Waals surface area contributed by atoms with E-state index in [1.165, 1.54) is 16.4 Å². The van der Waals surface area contributed by atoms with Gasteiger partial charge in [-0.1, -0.05) is 30.7 Å². The van der Waals surface area contributed by atoms with Gasteiger partial charge in [0.1, 0.15) is 22.3 Å². The molecule has 0 atom stereocenters. The number of benzene rings is 2. The van der Waals surface area contributed by atoms with E-state index in [1.807, 2.05) is 45.9 Å². The summed E-state index contributed by atoms with van der Waals surface area (Å²) in [6.07, 6.45) is 0. The van der Waals surface area contributed by atoms with E-state index >= 15 is 0 Å². The van der Waals surface area contributed by atoms with Crippen LogP contribution in [0.15, 0.2) is 57.3 Å². The summed E-state index contributed by atoms with van der Waals surface area (Å²) in [5.74, 6) is 0.221. The zero-order valence-electron chi connectivity index (χ0n) is 18.0. The van der Waals surface area contributed by atoms with Gasteiger partial charge in [0.25, 0.3) is 0 Å². The molecule has 0 aliphatic carbocycles. The Kier molecular flexibility index (Phi) is 6.76. The first-order valence-corrected chi connectivity index (χ1v) is 12.3. The van der Waals surface area contributed by atoms with Crippen molar-refractivity contribution in [1.29, 1.82) is 0 Å². The number of nitrogens with one attached hydrogen (secondary N) is 1. The number of nitrogens with zero attached hydrogens (tertiary/aromatic N) is 2. The second-order valence-corrected chi connectivity index (χ2v) is 10.4. The molecular formula is C22H26N4O3S2. The van der Waals surface area contributed by atoms with Crippen LogP contribution in [0.3, 0.4) is 0 Å². The number of rotatable bonds is 7. The molecule has 1 aromatic heterocycles. The van der Waals surface area contributed by atoms with E-state index in [1.54, 1.807) is 24.3 Å². The van der Waals surface area contributed by atoms with Crippen LogP contribution in [0, 0.1) is 20.8 Å². The van der Waals surface area contributed by atoms with Crippen molar-refractivity contribution in [3.63, 3.8) is 0 Å². The Morgan fingerprint density at radius 3 is 2.39 bits per heavy atom. The van der Waals surface area contributed by atoms with E-state index in [0.717, 1.165) is 16.7 Å². The fourth-order valence-electron chi connectivity index (χ4n) is 3.03. The molecule has 164 valence electrons. The fraction of sp³-hybridized carbons (Fsp3) is 0.273. The average molecular weight is 459 g/mol. The number of anilines is 2. The van der Waals surface area contributed by atoms with Crippen molar-refractivity contribution in [3.05, 3.63) is 59.2 Å². The third-order valence-corrected chi connectivity index (χ3v) is 7.69. The quantitative estimate of drug-likeness (QED) is 0.519. The van der Waals surface area contributed by atoms with Crippen LogP contribution in [0.2, 0.25) is 0 Å². The van der Waals surface area contributed by atoms with Crippen LogP contribution in [-0.4, -0.2) is 29.9 Å². The lowest BCUT2D eigenvalue weighted by Crippen LogP contribution is -2.21. The van der Waals surface area contributed by atoms with Gasteiger partial charge in [-0.15, -0.1) is 11.8 Å². The second kappa shape index (κ2) is 9.15. The van der Waals surface area contributed by atoms with E-state index in [2.05, 4.69) is 10.4 Å². The van der Waals surface area contributed by atoms with Gasteiger partial charge in [0.15, 0.2) is 0 Å². The van der Waals surface area contributed by atoms with Gasteiger partial charge in [-0.3, -0.25) is 4.79 Å². The van der Waals surface area contributed by atoms with Crippen LogP contribution < -0.4 is 11.1 Å². The molecule has 3 rings (SSSR count). The summed E-state index contributed by atoms with van der Waals surface area (Å²) >= 11 is 1.27. The molecule has 0 fully saturated rings. The molecule has 31 heavy (non-hydrogen) atoms. The Labute approximate surface area is 187 Å². The highest BCUT2D eigenvalue weighted by Gasteiger charge is 2.30. The Morgan fingerprint density at radius 1 is 1.10 bits per heavy atom. The van der Waals surface area contributed by atoms with Crippen LogP contribution in [0.4, 0.5) is 11.5 Å². The minimum absolute atomic E-state index is 0.0493. The Morgan fingerprint density at radius 2 is 1.77 bits per heavy atom. The summed E-state index contributed by atoms with van der Waals surface area (Å²) in [7, 11) is -3.88. The Balaban J connectivity index is 1.92. The van der Waals surface area contributed by atoms with Crippen LogP contribution in [-0.2, 0) is 21.2 Å². The Bertz CT molecular complexity index is 1220. The van der Waals surface area contributed by atoms with Gasteiger partial charge >= 0.3 is 0 Å². The smallest absolute Gasteiger partial charge is 0.246 e. The molecule has 0 bridgehead atoms. The lowest BCUT2D eigenvalue weighted by atomic mass is 10.1. The molecular weight excluding hydrogens is 432 g/mol. The molecule has 0 aliphatic heterocycles. The average Bonchev–Trinajstić information content (AvgIpc) is 3.01. The topological polar surface area (TPSA) is 107 Å². The minimum Gasteiger partial charge on any atom is -0.383 e.